The number of carbonyl (C=O) groups is 3. The van der Waals surface area contributed by atoms with Gasteiger partial charge in [0.2, 0.25) is 5.91 Å². The van der Waals surface area contributed by atoms with Crippen molar-refractivity contribution in [2.45, 2.75) is 193 Å². The Morgan fingerprint density at radius 3 is 1.48 bits per heavy atom. The Morgan fingerprint density at radius 2 is 1.00 bits per heavy atom. The largest absolute Gasteiger partial charge is 0.480 e. The Labute approximate surface area is 315 Å². The fourth-order valence-electron chi connectivity index (χ4n) is 5.48. The predicted octanol–water partition coefficient (Wildman–Crippen LogP) is 9.89. The van der Waals surface area contributed by atoms with Gasteiger partial charge in [-0.25, -0.2) is 9.36 Å². The molecular weight excluding hydrogens is 685 g/mol. The molecule has 12 heteroatoms. The van der Waals surface area contributed by atoms with E-state index in [2.05, 4.69) is 43.5 Å². The molecule has 0 saturated heterocycles. The summed E-state index contributed by atoms with van der Waals surface area (Å²) in [7, 11) is -4.75. The lowest BCUT2D eigenvalue weighted by Gasteiger charge is -2.18. The first kappa shape index (κ1) is 50.0. The Morgan fingerprint density at radius 1 is 0.596 bits per heavy atom. The van der Waals surface area contributed by atoms with Gasteiger partial charge in [0.25, 0.3) is 0 Å². The van der Waals surface area contributed by atoms with Gasteiger partial charge in [-0.2, -0.15) is 0 Å². The second-order valence-corrected chi connectivity index (χ2v) is 15.3. The summed E-state index contributed by atoms with van der Waals surface area (Å²) in [5, 5.41) is 21.7. The second kappa shape index (κ2) is 36.0. The molecule has 0 aromatic heterocycles. The SMILES string of the molecule is CCCCCC/C=C\CCCCCCCC(=O)NC(COP(=O)(O)OCC(O)COC(=O)CCCCCCC/C=C\CCCCCCCC)C(=O)O. The molecule has 0 radical (unpaired) electrons. The van der Waals surface area contributed by atoms with Crippen LogP contribution in [0.4, 0.5) is 0 Å². The Bertz CT molecular complexity index is 989. The van der Waals surface area contributed by atoms with Crippen LogP contribution >= 0.6 is 7.82 Å². The lowest BCUT2D eigenvalue weighted by atomic mass is 10.1. The van der Waals surface area contributed by atoms with E-state index in [4.69, 9.17) is 13.8 Å². The van der Waals surface area contributed by atoms with Gasteiger partial charge in [-0.1, -0.05) is 128 Å². The molecule has 0 spiro atoms. The third kappa shape index (κ3) is 35.0. The summed E-state index contributed by atoms with van der Waals surface area (Å²) in [6.07, 6.45) is 34.9. The normalized spacial score (nSPS) is 14.1. The number of carboxylic acid groups (broad SMARTS) is 1. The van der Waals surface area contributed by atoms with Crippen LogP contribution in [0.25, 0.3) is 0 Å². The molecule has 0 fully saturated rings. The minimum atomic E-state index is -4.75. The van der Waals surface area contributed by atoms with Crippen molar-refractivity contribution in [2.24, 2.45) is 0 Å². The Balaban J connectivity index is 3.95. The van der Waals surface area contributed by atoms with E-state index in [1.807, 2.05) is 0 Å². The highest BCUT2D eigenvalue weighted by Gasteiger charge is 2.28. The van der Waals surface area contributed by atoms with Crippen LogP contribution in [0, 0.1) is 0 Å². The van der Waals surface area contributed by atoms with Gasteiger partial charge in [0.05, 0.1) is 13.2 Å². The molecule has 11 nitrogen and oxygen atoms in total. The molecule has 1 amide bonds. The molecule has 0 aromatic carbocycles. The molecule has 0 heterocycles. The molecular formula is C40H74NO10P. The monoisotopic (exact) mass is 760 g/mol. The van der Waals surface area contributed by atoms with Gasteiger partial charge in [-0.15, -0.1) is 0 Å². The molecule has 0 saturated carbocycles. The highest BCUT2D eigenvalue weighted by molar-refractivity contribution is 7.47. The fourth-order valence-corrected chi connectivity index (χ4v) is 6.25. The van der Waals surface area contributed by atoms with Crippen molar-refractivity contribution < 1.29 is 47.8 Å². The third-order valence-electron chi connectivity index (χ3n) is 8.71. The van der Waals surface area contributed by atoms with Gasteiger partial charge in [0, 0.05) is 12.8 Å². The standard InChI is InChI=1S/C40H74NO10P/c1-3-5-7-9-11-13-15-17-18-20-22-24-26-28-30-32-39(44)49-33-36(42)34-50-52(47,48)51-35-37(40(45)46)41-38(43)31-29-27-25-23-21-19-16-14-12-10-8-6-4-2/h14,16-18,36-37,42H,3-13,15,19-35H2,1-2H3,(H,41,43)(H,45,46)(H,47,48)/b16-14-,18-17-. The topological polar surface area (TPSA) is 169 Å². The molecule has 4 N–H and O–H groups in total. The number of carbonyl (C=O) groups excluding carboxylic acids is 2. The van der Waals surface area contributed by atoms with E-state index in [1.54, 1.807) is 0 Å². The van der Waals surface area contributed by atoms with Crippen molar-refractivity contribution in [3.63, 3.8) is 0 Å². The number of carboxylic acids is 1. The lowest BCUT2D eigenvalue weighted by molar-refractivity contribution is -0.147. The molecule has 304 valence electrons. The van der Waals surface area contributed by atoms with Crippen LogP contribution in [0.15, 0.2) is 24.3 Å². The number of hydrogen-bond acceptors (Lipinski definition) is 8. The average molecular weight is 760 g/mol. The molecule has 0 aliphatic carbocycles. The van der Waals surface area contributed by atoms with Crippen molar-refractivity contribution in [1.82, 2.24) is 5.32 Å². The molecule has 3 unspecified atom stereocenters. The van der Waals surface area contributed by atoms with E-state index in [0.717, 1.165) is 77.0 Å². The maximum atomic E-state index is 12.2. The molecule has 0 bridgehead atoms. The Kier molecular flexibility index (Phi) is 34.6. The number of allylic oxidation sites excluding steroid dienone is 4. The number of aliphatic hydroxyl groups excluding tert-OH is 1. The summed E-state index contributed by atoms with van der Waals surface area (Å²) >= 11 is 0. The summed E-state index contributed by atoms with van der Waals surface area (Å²) in [5.74, 6) is -2.39. The maximum absolute atomic E-state index is 12.2. The van der Waals surface area contributed by atoms with E-state index in [9.17, 15) is 34.1 Å². The minimum Gasteiger partial charge on any atom is -0.480 e. The van der Waals surface area contributed by atoms with Crippen LogP contribution in [0.2, 0.25) is 0 Å². The number of aliphatic carboxylic acids is 1. The molecule has 3 atom stereocenters. The van der Waals surface area contributed by atoms with E-state index in [-0.39, 0.29) is 12.8 Å². The summed E-state index contributed by atoms with van der Waals surface area (Å²) in [6, 6.07) is -1.55. The van der Waals surface area contributed by atoms with Crippen molar-refractivity contribution in [3.8, 4) is 0 Å². The van der Waals surface area contributed by atoms with Crippen LogP contribution in [-0.2, 0) is 32.7 Å². The summed E-state index contributed by atoms with van der Waals surface area (Å²) in [6.45, 7) is 2.54. The molecule has 0 rings (SSSR count). The van der Waals surface area contributed by atoms with Crippen molar-refractivity contribution in [1.29, 1.82) is 0 Å². The lowest BCUT2D eigenvalue weighted by Crippen LogP contribution is -2.43. The van der Waals surface area contributed by atoms with Crippen LogP contribution in [0.5, 0.6) is 0 Å². The van der Waals surface area contributed by atoms with Gasteiger partial charge in [-0.3, -0.25) is 18.6 Å². The maximum Gasteiger partial charge on any atom is 0.472 e. The third-order valence-corrected chi connectivity index (χ3v) is 9.66. The number of unbranched alkanes of at least 4 members (excludes halogenated alkanes) is 20. The smallest absolute Gasteiger partial charge is 0.472 e. The van der Waals surface area contributed by atoms with Crippen LogP contribution < -0.4 is 5.32 Å². The first-order valence-corrected chi connectivity index (χ1v) is 21.9. The first-order valence-electron chi connectivity index (χ1n) is 20.4. The zero-order valence-electron chi connectivity index (χ0n) is 32.6. The number of phosphoric acid groups is 1. The number of amides is 1. The average Bonchev–Trinajstić information content (AvgIpc) is 3.11. The summed E-state index contributed by atoms with van der Waals surface area (Å²) in [5.41, 5.74) is 0. The van der Waals surface area contributed by atoms with Gasteiger partial charge in [-0.05, 0) is 64.2 Å². The number of phosphoric ester groups is 1. The van der Waals surface area contributed by atoms with E-state index < -0.39 is 57.6 Å². The van der Waals surface area contributed by atoms with Crippen LogP contribution in [-0.4, -0.2) is 64.9 Å². The molecule has 52 heavy (non-hydrogen) atoms. The predicted molar refractivity (Wildman–Crippen MR) is 208 cm³/mol. The molecule has 0 aromatic rings. The van der Waals surface area contributed by atoms with Crippen molar-refractivity contribution in [3.05, 3.63) is 24.3 Å². The van der Waals surface area contributed by atoms with Gasteiger partial charge in [0.1, 0.15) is 12.7 Å². The summed E-state index contributed by atoms with van der Waals surface area (Å²) in [4.78, 5) is 45.7. The van der Waals surface area contributed by atoms with Crippen LogP contribution in [0.3, 0.4) is 0 Å². The van der Waals surface area contributed by atoms with Crippen molar-refractivity contribution >= 4 is 25.7 Å². The number of ether oxygens (including phenoxy) is 1. The number of hydrogen-bond donors (Lipinski definition) is 4. The fraction of sp³-hybridized carbons (Fsp3) is 0.825. The zero-order valence-corrected chi connectivity index (χ0v) is 33.5. The van der Waals surface area contributed by atoms with E-state index >= 15 is 0 Å². The highest BCUT2D eigenvalue weighted by Crippen LogP contribution is 2.43. The number of rotatable bonds is 38. The minimum absolute atomic E-state index is 0.136. The molecule has 0 aliphatic heterocycles. The first-order chi connectivity index (χ1) is 25.1. The summed E-state index contributed by atoms with van der Waals surface area (Å²) < 4.78 is 26.7. The highest BCUT2D eigenvalue weighted by atomic mass is 31.2. The van der Waals surface area contributed by atoms with E-state index in [0.29, 0.717) is 12.8 Å². The van der Waals surface area contributed by atoms with Crippen molar-refractivity contribution in [2.75, 3.05) is 19.8 Å². The van der Waals surface area contributed by atoms with Gasteiger partial charge < -0.3 is 25.2 Å². The van der Waals surface area contributed by atoms with E-state index in [1.165, 1.54) is 64.2 Å². The van der Waals surface area contributed by atoms with Gasteiger partial charge >= 0.3 is 19.8 Å². The zero-order chi connectivity index (χ0) is 38.5. The Hall–Kier alpha value is -2.04. The number of esters is 1. The van der Waals surface area contributed by atoms with Crippen LogP contribution in [0.1, 0.15) is 181 Å². The molecule has 0 aliphatic rings. The van der Waals surface area contributed by atoms with Gasteiger partial charge in [0.15, 0.2) is 6.04 Å². The quantitative estimate of drug-likeness (QED) is 0.0206. The number of nitrogens with one attached hydrogen (secondary N) is 1. The second-order valence-electron chi connectivity index (χ2n) is 13.8. The number of aliphatic hydroxyl groups is 1.